The highest BCUT2D eigenvalue weighted by molar-refractivity contribution is 8.00. The predicted octanol–water partition coefficient (Wildman–Crippen LogP) is 5.34. The zero-order valence-electron chi connectivity index (χ0n) is 17.3. The van der Waals surface area contributed by atoms with Crippen LogP contribution in [0.2, 0.25) is 5.02 Å². The molecule has 4 aromatic rings. The van der Waals surface area contributed by atoms with Crippen molar-refractivity contribution in [2.24, 2.45) is 0 Å². The minimum atomic E-state index is -0.107. The number of fused-ring (bicyclic) bond motifs is 2. The lowest BCUT2D eigenvalue weighted by Crippen LogP contribution is -2.30. The summed E-state index contributed by atoms with van der Waals surface area (Å²) in [4.78, 5) is 28.3. The third kappa shape index (κ3) is 4.44. The topological polar surface area (TPSA) is 71.0 Å². The third-order valence-corrected chi connectivity index (χ3v) is 7.83. The molecule has 6 nitrogen and oxygen atoms in total. The predicted molar refractivity (Wildman–Crippen MR) is 132 cm³/mol. The van der Waals surface area contributed by atoms with Gasteiger partial charge in [-0.1, -0.05) is 65.0 Å². The van der Waals surface area contributed by atoms with Gasteiger partial charge in [0.2, 0.25) is 5.91 Å². The highest BCUT2D eigenvalue weighted by Crippen LogP contribution is 2.35. The van der Waals surface area contributed by atoms with Crippen LogP contribution in [0.25, 0.3) is 10.3 Å². The van der Waals surface area contributed by atoms with Gasteiger partial charge in [-0.2, -0.15) is 4.98 Å². The normalized spacial score (nSPS) is 13.2. The van der Waals surface area contributed by atoms with Crippen molar-refractivity contribution < 1.29 is 4.79 Å². The van der Waals surface area contributed by atoms with Crippen molar-refractivity contribution in [3.8, 4) is 0 Å². The van der Waals surface area contributed by atoms with Crippen LogP contribution in [0.4, 0.5) is 10.8 Å². The smallest absolute Gasteiger partial charge is 0.234 e. The number of rotatable bonds is 5. The molecule has 162 valence electrons. The standard InChI is InChI=1S/C23H20ClN5OS2/c1-14-6-7-17(24)10-18(14)27-19(30)12-31-22-20-21(25-13-26-22)28-23(32-20)29-9-8-15-4-2-3-5-16(15)11-29/h2-7,10,13H,8-9,11-12H2,1H3,(H,27,30). The fourth-order valence-corrected chi connectivity index (χ4v) is 5.76. The van der Waals surface area contributed by atoms with E-state index in [1.807, 2.05) is 13.0 Å². The van der Waals surface area contributed by atoms with E-state index in [2.05, 4.69) is 44.5 Å². The van der Waals surface area contributed by atoms with Gasteiger partial charge in [-0.15, -0.1) is 0 Å². The zero-order valence-corrected chi connectivity index (χ0v) is 19.7. The largest absolute Gasteiger partial charge is 0.343 e. The number of carbonyl (C=O) groups excluding carboxylic acids is 1. The Morgan fingerprint density at radius 3 is 2.94 bits per heavy atom. The summed E-state index contributed by atoms with van der Waals surface area (Å²) in [5.41, 5.74) is 5.11. The Morgan fingerprint density at radius 2 is 2.06 bits per heavy atom. The van der Waals surface area contributed by atoms with E-state index in [0.717, 1.165) is 45.6 Å². The van der Waals surface area contributed by atoms with Crippen molar-refractivity contribution in [2.45, 2.75) is 24.9 Å². The highest BCUT2D eigenvalue weighted by Gasteiger charge is 2.21. The van der Waals surface area contributed by atoms with Gasteiger partial charge in [-0.05, 0) is 42.2 Å². The number of halogens is 1. The van der Waals surface area contributed by atoms with Crippen molar-refractivity contribution in [3.63, 3.8) is 0 Å². The zero-order chi connectivity index (χ0) is 22.1. The maximum absolute atomic E-state index is 12.5. The number of benzene rings is 2. The number of hydrogen-bond donors (Lipinski definition) is 1. The van der Waals surface area contributed by atoms with Gasteiger partial charge in [0.15, 0.2) is 10.8 Å². The van der Waals surface area contributed by atoms with Crippen LogP contribution in [-0.2, 0) is 17.8 Å². The van der Waals surface area contributed by atoms with Gasteiger partial charge in [-0.25, -0.2) is 9.97 Å². The van der Waals surface area contributed by atoms with Crippen molar-refractivity contribution in [3.05, 3.63) is 70.5 Å². The summed E-state index contributed by atoms with van der Waals surface area (Å²) in [5, 5.41) is 5.23. The van der Waals surface area contributed by atoms with E-state index in [1.165, 1.54) is 29.2 Å². The summed E-state index contributed by atoms with van der Waals surface area (Å²) in [6.45, 7) is 3.70. The van der Waals surface area contributed by atoms with Gasteiger partial charge >= 0.3 is 0 Å². The van der Waals surface area contributed by atoms with E-state index in [-0.39, 0.29) is 11.7 Å². The van der Waals surface area contributed by atoms with Gasteiger partial charge in [0.1, 0.15) is 16.1 Å². The van der Waals surface area contributed by atoms with Crippen LogP contribution in [0, 0.1) is 6.92 Å². The summed E-state index contributed by atoms with van der Waals surface area (Å²) in [5.74, 6) is 0.132. The first-order chi connectivity index (χ1) is 15.6. The summed E-state index contributed by atoms with van der Waals surface area (Å²) >= 11 is 9.03. The van der Waals surface area contributed by atoms with Crippen molar-refractivity contribution in [2.75, 3.05) is 22.5 Å². The summed E-state index contributed by atoms with van der Waals surface area (Å²) < 4.78 is 0.915. The number of nitrogens with zero attached hydrogens (tertiary/aromatic N) is 4. The van der Waals surface area contributed by atoms with Crippen molar-refractivity contribution in [1.82, 2.24) is 15.0 Å². The summed E-state index contributed by atoms with van der Waals surface area (Å²) in [7, 11) is 0. The van der Waals surface area contributed by atoms with Crippen molar-refractivity contribution >= 4 is 61.8 Å². The summed E-state index contributed by atoms with van der Waals surface area (Å²) in [6.07, 6.45) is 2.52. The van der Waals surface area contributed by atoms with Gasteiger partial charge in [0, 0.05) is 23.8 Å². The van der Waals surface area contributed by atoms with Gasteiger partial charge < -0.3 is 10.2 Å². The molecule has 0 radical (unpaired) electrons. The molecule has 2 aromatic heterocycles. The van der Waals surface area contributed by atoms with E-state index in [4.69, 9.17) is 16.6 Å². The maximum Gasteiger partial charge on any atom is 0.234 e. The molecule has 1 aliphatic heterocycles. The molecule has 0 saturated heterocycles. The molecule has 2 aromatic carbocycles. The molecular formula is C23H20ClN5OS2. The second kappa shape index (κ2) is 9.05. The fraction of sp³-hybridized carbons (Fsp3) is 0.217. The lowest BCUT2D eigenvalue weighted by atomic mass is 10.0. The van der Waals surface area contributed by atoms with E-state index < -0.39 is 0 Å². The number of aryl methyl sites for hydroxylation is 1. The van der Waals surface area contributed by atoms with Crippen molar-refractivity contribution in [1.29, 1.82) is 0 Å². The molecule has 0 aliphatic carbocycles. The molecule has 0 unspecified atom stereocenters. The average Bonchev–Trinajstić information content (AvgIpc) is 3.25. The Labute approximate surface area is 199 Å². The van der Waals surface area contributed by atoms with Crippen LogP contribution in [-0.4, -0.2) is 33.2 Å². The second-order valence-electron chi connectivity index (χ2n) is 7.56. The molecule has 1 amide bonds. The lowest BCUT2D eigenvalue weighted by molar-refractivity contribution is -0.113. The van der Waals surface area contributed by atoms with E-state index in [9.17, 15) is 4.79 Å². The molecule has 0 atom stereocenters. The number of thiazole rings is 1. The SMILES string of the molecule is Cc1ccc(Cl)cc1NC(=O)CSc1ncnc2nc(N3CCc4ccccc4C3)sc12. The van der Waals surface area contributed by atoms with Crippen LogP contribution in [0.1, 0.15) is 16.7 Å². The third-order valence-electron chi connectivity index (χ3n) is 5.36. The molecule has 32 heavy (non-hydrogen) atoms. The van der Waals surface area contributed by atoms with E-state index in [1.54, 1.807) is 23.5 Å². The Hall–Kier alpha value is -2.68. The Bertz CT molecular complexity index is 1310. The quantitative estimate of drug-likeness (QED) is 0.306. The first kappa shape index (κ1) is 21.2. The fourth-order valence-electron chi connectivity index (χ4n) is 3.67. The maximum atomic E-state index is 12.5. The van der Waals surface area contributed by atoms with Crippen LogP contribution in [0.5, 0.6) is 0 Å². The molecule has 9 heteroatoms. The average molecular weight is 482 g/mol. The second-order valence-corrected chi connectivity index (χ2v) is 9.94. The first-order valence-corrected chi connectivity index (χ1v) is 12.4. The van der Waals surface area contributed by atoms with E-state index >= 15 is 0 Å². The molecule has 1 aliphatic rings. The number of aromatic nitrogens is 3. The van der Waals surface area contributed by atoms with Crippen LogP contribution in [0.3, 0.4) is 0 Å². The Morgan fingerprint density at radius 1 is 1.22 bits per heavy atom. The number of nitrogens with one attached hydrogen (secondary N) is 1. The minimum Gasteiger partial charge on any atom is -0.343 e. The molecular weight excluding hydrogens is 462 g/mol. The van der Waals surface area contributed by atoms with E-state index in [0.29, 0.717) is 10.7 Å². The van der Waals surface area contributed by atoms with Crippen LogP contribution >= 0.6 is 34.7 Å². The number of anilines is 2. The number of thioether (sulfide) groups is 1. The number of amides is 1. The molecule has 1 N–H and O–H groups in total. The van der Waals surface area contributed by atoms with Gasteiger partial charge in [-0.3, -0.25) is 4.79 Å². The molecule has 3 heterocycles. The number of hydrogen-bond acceptors (Lipinski definition) is 7. The van der Waals surface area contributed by atoms with Crippen LogP contribution < -0.4 is 10.2 Å². The molecule has 0 spiro atoms. The van der Waals surface area contributed by atoms with Gasteiger partial charge in [0.05, 0.1) is 5.75 Å². The van der Waals surface area contributed by atoms with Gasteiger partial charge in [0.25, 0.3) is 0 Å². The summed E-state index contributed by atoms with van der Waals surface area (Å²) in [6, 6.07) is 14.0. The Balaban J connectivity index is 1.31. The molecule has 0 bridgehead atoms. The minimum absolute atomic E-state index is 0.107. The lowest BCUT2D eigenvalue weighted by Gasteiger charge is -2.28. The molecule has 0 fully saturated rings. The Kier molecular flexibility index (Phi) is 5.99. The number of carbonyl (C=O) groups is 1. The highest BCUT2D eigenvalue weighted by atomic mass is 35.5. The monoisotopic (exact) mass is 481 g/mol. The first-order valence-electron chi connectivity index (χ1n) is 10.2. The molecule has 5 rings (SSSR count). The van der Waals surface area contributed by atoms with Crippen LogP contribution in [0.15, 0.2) is 53.8 Å². The molecule has 0 saturated carbocycles.